The Balaban J connectivity index is 1.58. The largest absolute Gasteiger partial charge is 0.496 e. The van der Waals surface area contributed by atoms with Crippen molar-refractivity contribution in [3.05, 3.63) is 47.0 Å². The number of hydrogen-bond donors (Lipinski definition) is 2. The number of nitrogens with one attached hydrogen (secondary N) is 2. The molecule has 0 fully saturated rings. The highest BCUT2D eigenvalue weighted by Gasteiger charge is 2.17. The number of carbonyl (C=O) groups is 2. The molecule has 2 amide bonds. The van der Waals surface area contributed by atoms with Gasteiger partial charge in [-0.15, -0.1) is 0 Å². The van der Waals surface area contributed by atoms with Crippen molar-refractivity contribution < 1.29 is 23.8 Å². The number of hydrogen-bond acceptors (Lipinski definition) is 5. The van der Waals surface area contributed by atoms with Gasteiger partial charge >= 0.3 is 0 Å². The molecule has 0 unspecified atom stereocenters. The second kappa shape index (κ2) is 8.65. The third kappa shape index (κ3) is 4.54. The summed E-state index contributed by atoms with van der Waals surface area (Å²) in [5, 5.41) is 5.53. The molecular formula is C21H24N2O5. The molecule has 28 heavy (non-hydrogen) atoms. The van der Waals surface area contributed by atoms with Crippen molar-refractivity contribution in [1.29, 1.82) is 0 Å². The third-order valence-corrected chi connectivity index (χ3v) is 4.62. The first-order chi connectivity index (χ1) is 13.5. The Kier molecular flexibility index (Phi) is 6.03. The fraction of sp³-hybridized carbons (Fsp3) is 0.333. The maximum atomic E-state index is 12.2. The van der Waals surface area contributed by atoms with Gasteiger partial charge in [-0.1, -0.05) is 12.1 Å². The van der Waals surface area contributed by atoms with Gasteiger partial charge in [-0.3, -0.25) is 9.59 Å². The van der Waals surface area contributed by atoms with Gasteiger partial charge in [0.1, 0.15) is 25.4 Å². The van der Waals surface area contributed by atoms with Crippen LogP contribution in [0.15, 0.2) is 30.3 Å². The lowest BCUT2D eigenvalue weighted by Crippen LogP contribution is -2.28. The molecule has 0 radical (unpaired) electrons. The Bertz CT molecular complexity index is 895. The second-order valence-corrected chi connectivity index (χ2v) is 6.56. The average molecular weight is 384 g/mol. The van der Waals surface area contributed by atoms with Crippen LogP contribution in [0.5, 0.6) is 17.2 Å². The Morgan fingerprint density at radius 1 is 1.07 bits per heavy atom. The molecular weight excluding hydrogens is 360 g/mol. The normalized spacial score (nSPS) is 12.2. The molecule has 1 heterocycles. The van der Waals surface area contributed by atoms with E-state index < -0.39 is 0 Å². The maximum Gasteiger partial charge on any atom is 0.233 e. The van der Waals surface area contributed by atoms with E-state index in [2.05, 4.69) is 10.6 Å². The van der Waals surface area contributed by atoms with Gasteiger partial charge in [-0.25, -0.2) is 0 Å². The van der Waals surface area contributed by atoms with Crippen molar-refractivity contribution in [1.82, 2.24) is 5.32 Å². The first kappa shape index (κ1) is 19.5. The first-order valence-corrected chi connectivity index (χ1v) is 9.07. The summed E-state index contributed by atoms with van der Waals surface area (Å²) in [7, 11) is 1.55. The highest BCUT2D eigenvalue weighted by atomic mass is 16.6. The van der Waals surface area contributed by atoms with E-state index in [1.165, 1.54) is 0 Å². The van der Waals surface area contributed by atoms with Gasteiger partial charge in [-0.2, -0.15) is 0 Å². The molecule has 7 heteroatoms. The van der Waals surface area contributed by atoms with Crippen molar-refractivity contribution in [2.24, 2.45) is 0 Å². The summed E-state index contributed by atoms with van der Waals surface area (Å²) in [5.41, 5.74) is 3.52. The Morgan fingerprint density at radius 3 is 2.50 bits per heavy atom. The van der Waals surface area contributed by atoms with Gasteiger partial charge < -0.3 is 24.8 Å². The summed E-state index contributed by atoms with van der Waals surface area (Å²) in [6.45, 7) is 5.08. The van der Waals surface area contributed by atoms with Crippen molar-refractivity contribution in [3.63, 3.8) is 0 Å². The third-order valence-electron chi connectivity index (χ3n) is 4.62. The van der Waals surface area contributed by atoms with Crippen LogP contribution in [0.1, 0.15) is 23.1 Å². The quantitative estimate of drug-likeness (QED) is 0.748. The van der Waals surface area contributed by atoms with Crippen molar-refractivity contribution in [3.8, 4) is 17.2 Å². The molecule has 0 aromatic heterocycles. The van der Waals surface area contributed by atoms with Crippen LogP contribution in [0.4, 0.5) is 5.69 Å². The molecule has 0 spiro atoms. The Morgan fingerprint density at radius 2 is 1.79 bits per heavy atom. The SMILES string of the molecule is COc1cc2c(cc1CNC(=O)CC(=O)Nc1cccc(C)c1C)OCCO2. The predicted molar refractivity (Wildman–Crippen MR) is 105 cm³/mol. The molecule has 2 aromatic rings. The van der Waals surface area contributed by atoms with E-state index in [0.29, 0.717) is 36.1 Å². The van der Waals surface area contributed by atoms with E-state index >= 15 is 0 Å². The van der Waals surface area contributed by atoms with E-state index in [1.807, 2.05) is 32.0 Å². The molecule has 0 aliphatic carbocycles. The van der Waals surface area contributed by atoms with Crippen molar-refractivity contribution in [2.75, 3.05) is 25.6 Å². The monoisotopic (exact) mass is 384 g/mol. The van der Waals surface area contributed by atoms with E-state index in [4.69, 9.17) is 14.2 Å². The van der Waals surface area contributed by atoms with Crippen LogP contribution in [-0.2, 0) is 16.1 Å². The van der Waals surface area contributed by atoms with E-state index in [0.717, 1.165) is 16.7 Å². The number of anilines is 1. The fourth-order valence-electron chi connectivity index (χ4n) is 2.92. The number of carbonyl (C=O) groups excluding carboxylic acids is 2. The molecule has 1 aliphatic rings. The van der Waals surface area contributed by atoms with Gasteiger partial charge in [0.2, 0.25) is 11.8 Å². The summed E-state index contributed by atoms with van der Waals surface area (Å²) in [5.74, 6) is 1.08. The van der Waals surface area contributed by atoms with Crippen molar-refractivity contribution in [2.45, 2.75) is 26.8 Å². The molecule has 1 aliphatic heterocycles. The van der Waals surface area contributed by atoms with E-state index in [-0.39, 0.29) is 24.8 Å². The summed E-state index contributed by atoms with van der Waals surface area (Å²) in [6.07, 6.45) is -0.264. The van der Waals surface area contributed by atoms with Gasteiger partial charge in [0.15, 0.2) is 11.5 Å². The molecule has 3 rings (SSSR count). The number of benzene rings is 2. The summed E-state index contributed by atoms with van der Waals surface area (Å²) < 4.78 is 16.5. The molecule has 2 N–H and O–H groups in total. The van der Waals surface area contributed by atoms with Gasteiger partial charge in [0.05, 0.1) is 7.11 Å². The van der Waals surface area contributed by atoms with E-state index in [9.17, 15) is 9.59 Å². The number of ether oxygens (including phenoxy) is 3. The second-order valence-electron chi connectivity index (χ2n) is 6.56. The number of methoxy groups -OCH3 is 1. The van der Waals surface area contributed by atoms with Gasteiger partial charge in [-0.05, 0) is 37.1 Å². The van der Waals surface area contributed by atoms with Crippen LogP contribution in [0.25, 0.3) is 0 Å². The minimum absolute atomic E-state index is 0.218. The minimum Gasteiger partial charge on any atom is -0.496 e. The average Bonchev–Trinajstić information content (AvgIpc) is 2.69. The lowest BCUT2D eigenvalue weighted by molar-refractivity contribution is -0.126. The molecule has 0 bridgehead atoms. The molecule has 2 aromatic carbocycles. The van der Waals surface area contributed by atoms with Gasteiger partial charge in [0, 0.05) is 23.9 Å². The molecule has 7 nitrogen and oxygen atoms in total. The lowest BCUT2D eigenvalue weighted by atomic mass is 10.1. The van der Waals surface area contributed by atoms with Crippen LogP contribution in [0.3, 0.4) is 0 Å². The smallest absolute Gasteiger partial charge is 0.233 e. The van der Waals surface area contributed by atoms with Crippen LogP contribution >= 0.6 is 0 Å². The Hall–Kier alpha value is -3.22. The Labute approximate surface area is 164 Å². The molecule has 0 saturated heterocycles. The van der Waals surface area contributed by atoms with E-state index in [1.54, 1.807) is 19.2 Å². The van der Waals surface area contributed by atoms with Crippen LogP contribution < -0.4 is 24.8 Å². The molecule has 0 atom stereocenters. The van der Waals surface area contributed by atoms with Crippen LogP contribution in [0.2, 0.25) is 0 Å². The zero-order valence-corrected chi connectivity index (χ0v) is 16.3. The molecule has 148 valence electrons. The topological polar surface area (TPSA) is 85.9 Å². The number of fused-ring (bicyclic) bond motifs is 1. The van der Waals surface area contributed by atoms with Crippen molar-refractivity contribution >= 4 is 17.5 Å². The zero-order chi connectivity index (χ0) is 20.1. The summed E-state index contributed by atoms with van der Waals surface area (Å²) in [4.78, 5) is 24.4. The number of rotatable bonds is 6. The van der Waals surface area contributed by atoms with Crippen LogP contribution in [-0.4, -0.2) is 32.1 Å². The highest BCUT2D eigenvalue weighted by molar-refractivity contribution is 6.03. The predicted octanol–water partition coefficient (Wildman–Crippen LogP) is 2.73. The minimum atomic E-state index is -0.375. The first-order valence-electron chi connectivity index (χ1n) is 9.07. The van der Waals surface area contributed by atoms with Gasteiger partial charge in [0.25, 0.3) is 0 Å². The van der Waals surface area contributed by atoms with Crippen LogP contribution in [0, 0.1) is 13.8 Å². The lowest BCUT2D eigenvalue weighted by Gasteiger charge is -2.20. The standard InChI is InChI=1S/C21H24N2O5/c1-13-5-4-6-16(14(13)2)23-21(25)11-20(24)22-12-15-9-18-19(10-17(15)26-3)28-8-7-27-18/h4-6,9-10H,7-8,11-12H2,1-3H3,(H,22,24)(H,23,25). The fourth-order valence-corrected chi connectivity index (χ4v) is 2.92. The summed E-state index contributed by atoms with van der Waals surface area (Å²) in [6, 6.07) is 9.18. The highest BCUT2D eigenvalue weighted by Crippen LogP contribution is 2.36. The zero-order valence-electron chi connectivity index (χ0n) is 16.3. The number of amides is 2. The summed E-state index contributed by atoms with van der Waals surface area (Å²) >= 11 is 0. The molecule has 0 saturated carbocycles. The number of aryl methyl sites for hydroxylation is 1. The maximum absolute atomic E-state index is 12.2.